The lowest BCUT2D eigenvalue weighted by atomic mass is 10.0. The number of rotatable bonds is 6. The number of carbonyl (C=O) groups excluding carboxylic acids is 1. The standard InChI is InChI=1S/C9H19NO/c1-8(2)5-6-9(11)4-3-7-10/h8H,3-7,10H2,1-2H3. The minimum Gasteiger partial charge on any atom is -0.330 e. The van der Waals surface area contributed by atoms with Crippen molar-refractivity contribution >= 4 is 5.78 Å². The Morgan fingerprint density at radius 1 is 1.36 bits per heavy atom. The molecule has 11 heavy (non-hydrogen) atoms. The maximum atomic E-state index is 11.1. The van der Waals surface area contributed by atoms with Crippen LogP contribution >= 0.6 is 0 Å². The van der Waals surface area contributed by atoms with Gasteiger partial charge in [0.25, 0.3) is 0 Å². The summed E-state index contributed by atoms with van der Waals surface area (Å²) in [7, 11) is 0. The van der Waals surface area contributed by atoms with Crippen molar-refractivity contribution in [3.63, 3.8) is 0 Å². The molecule has 0 aromatic heterocycles. The van der Waals surface area contributed by atoms with E-state index in [0.29, 0.717) is 24.7 Å². The van der Waals surface area contributed by atoms with E-state index in [0.717, 1.165) is 19.3 Å². The minimum absolute atomic E-state index is 0.365. The van der Waals surface area contributed by atoms with Crippen LogP contribution in [0.1, 0.15) is 39.5 Å². The van der Waals surface area contributed by atoms with Crippen molar-refractivity contribution in [2.24, 2.45) is 11.7 Å². The predicted octanol–water partition coefficient (Wildman–Crippen LogP) is 1.73. The maximum absolute atomic E-state index is 11.1. The summed E-state index contributed by atoms with van der Waals surface area (Å²) in [5.74, 6) is 1.00. The van der Waals surface area contributed by atoms with E-state index in [-0.39, 0.29) is 0 Å². The zero-order valence-electron chi connectivity index (χ0n) is 7.60. The summed E-state index contributed by atoms with van der Waals surface area (Å²) in [6, 6.07) is 0. The van der Waals surface area contributed by atoms with Gasteiger partial charge in [0, 0.05) is 12.8 Å². The molecule has 0 aliphatic heterocycles. The Kier molecular flexibility index (Phi) is 6.13. The van der Waals surface area contributed by atoms with Gasteiger partial charge in [-0.25, -0.2) is 0 Å². The molecule has 2 heteroatoms. The highest BCUT2D eigenvalue weighted by Gasteiger charge is 2.02. The molecule has 66 valence electrons. The molecule has 0 fully saturated rings. The van der Waals surface area contributed by atoms with Crippen molar-refractivity contribution in [3.05, 3.63) is 0 Å². The van der Waals surface area contributed by atoms with E-state index in [1.54, 1.807) is 0 Å². The van der Waals surface area contributed by atoms with Gasteiger partial charge >= 0.3 is 0 Å². The van der Waals surface area contributed by atoms with E-state index in [9.17, 15) is 4.79 Å². The molecule has 2 nitrogen and oxygen atoms in total. The van der Waals surface area contributed by atoms with Crippen LogP contribution in [0.2, 0.25) is 0 Å². The van der Waals surface area contributed by atoms with E-state index in [1.807, 2.05) is 0 Å². The van der Waals surface area contributed by atoms with Gasteiger partial charge in [-0.05, 0) is 25.3 Å². The molecule has 0 saturated heterocycles. The number of hydrogen-bond donors (Lipinski definition) is 1. The van der Waals surface area contributed by atoms with E-state index in [2.05, 4.69) is 13.8 Å². The van der Waals surface area contributed by atoms with Crippen LogP contribution in [-0.2, 0) is 4.79 Å². The largest absolute Gasteiger partial charge is 0.330 e. The van der Waals surface area contributed by atoms with Gasteiger partial charge in [0.1, 0.15) is 5.78 Å². The minimum atomic E-state index is 0.365. The maximum Gasteiger partial charge on any atom is 0.132 e. The summed E-state index contributed by atoms with van der Waals surface area (Å²) in [6.07, 6.45) is 3.27. The van der Waals surface area contributed by atoms with Crippen molar-refractivity contribution in [3.8, 4) is 0 Å². The molecule has 0 amide bonds. The van der Waals surface area contributed by atoms with E-state index >= 15 is 0 Å². The summed E-state index contributed by atoms with van der Waals surface area (Å²) in [5.41, 5.74) is 5.28. The Hall–Kier alpha value is -0.370. The molecule has 0 heterocycles. The van der Waals surface area contributed by atoms with Gasteiger partial charge in [-0.15, -0.1) is 0 Å². The number of ketones is 1. The second-order valence-electron chi connectivity index (χ2n) is 3.36. The molecule has 0 radical (unpaired) electrons. The highest BCUT2D eigenvalue weighted by atomic mass is 16.1. The van der Waals surface area contributed by atoms with Crippen LogP contribution in [0.15, 0.2) is 0 Å². The first kappa shape index (κ1) is 10.6. The Morgan fingerprint density at radius 3 is 2.45 bits per heavy atom. The van der Waals surface area contributed by atoms with Gasteiger partial charge in [-0.1, -0.05) is 13.8 Å². The lowest BCUT2D eigenvalue weighted by Gasteiger charge is -2.02. The molecule has 0 rings (SSSR count). The summed E-state index contributed by atoms with van der Waals surface area (Å²) >= 11 is 0. The first-order valence-corrected chi connectivity index (χ1v) is 4.38. The molecule has 2 N–H and O–H groups in total. The van der Waals surface area contributed by atoms with Gasteiger partial charge in [-0.3, -0.25) is 4.79 Å². The summed E-state index contributed by atoms with van der Waals surface area (Å²) in [6.45, 7) is 4.90. The van der Waals surface area contributed by atoms with E-state index in [4.69, 9.17) is 5.73 Å². The number of hydrogen-bond acceptors (Lipinski definition) is 2. The predicted molar refractivity (Wildman–Crippen MR) is 47.4 cm³/mol. The second kappa shape index (κ2) is 6.35. The lowest BCUT2D eigenvalue weighted by Crippen LogP contribution is -2.05. The summed E-state index contributed by atoms with van der Waals surface area (Å²) < 4.78 is 0. The molecule has 0 aliphatic rings. The molecular weight excluding hydrogens is 138 g/mol. The fraction of sp³-hybridized carbons (Fsp3) is 0.889. The Balaban J connectivity index is 3.23. The van der Waals surface area contributed by atoms with Crippen molar-refractivity contribution < 1.29 is 4.79 Å². The Morgan fingerprint density at radius 2 is 2.00 bits per heavy atom. The summed E-state index contributed by atoms with van der Waals surface area (Å²) in [5, 5.41) is 0. The topological polar surface area (TPSA) is 43.1 Å². The Labute approximate surface area is 69.2 Å². The molecule has 0 saturated carbocycles. The molecular formula is C9H19NO. The quantitative estimate of drug-likeness (QED) is 0.638. The molecule has 0 unspecified atom stereocenters. The van der Waals surface area contributed by atoms with Crippen LogP contribution in [0.4, 0.5) is 0 Å². The number of nitrogens with two attached hydrogens (primary N) is 1. The monoisotopic (exact) mass is 157 g/mol. The average Bonchev–Trinajstić information content (AvgIpc) is 1.97. The first-order valence-electron chi connectivity index (χ1n) is 4.38. The van der Waals surface area contributed by atoms with Crippen LogP contribution in [0, 0.1) is 5.92 Å². The van der Waals surface area contributed by atoms with Gasteiger partial charge in [0.15, 0.2) is 0 Å². The van der Waals surface area contributed by atoms with Gasteiger partial charge in [-0.2, -0.15) is 0 Å². The van der Waals surface area contributed by atoms with Crippen molar-refractivity contribution in [2.45, 2.75) is 39.5 Å². The normalized spacial score (nSPS) is 10.5. The SMILES string of the molecule is CC(C)CCC(=O)CCCN. The third-order valence-electron chi connectivity index (χ3n) is 1.66. The molecule has 0 aromatic carbocycles. The number of Topliss-reactive ketones (excluding diaryl/α,β-unsaturated/α-hetero) is 1. The molecule has 0 atom stereocenters. The molecule has 0 aliphatic carbocycles. The smallest absolute Gasteiger partial charge is 0.132 e. The second-order valence-corrected chi connectivity index (χ2v) is 3.36. The van der Waals surface area contributed by atoms with Crippen LogP contribution in [-0.4, -0.2) is 12.3 Å². The van der Waals surface area contributed by atoms with E-state index < -0.39 is 0 Å². The van der Waals surface area contributed by atoms with Crippen LogP contribution in [0.25, 0.3) is 0 Å². The van der Waals surface area contributed by atoms with E-state index in [1.165, 1.54) is 0 Å². The van der Waals surface area contributed by atoms with Gasteiger partial charge in [0.2, 0.25) is 0 Å². The zero-order chi connectivity index (χ0) is 8.69. The summed E-state index contributed by atoms with van der Waals surface area (Å²) in [4.78, 5) is 11.1. The average molecular weight is 157 g/mol. The van der Waals surface area contributed by atoms with Crippen LogP contribution in [0.5, 0.6) is 0 Å². The Bertz CT molecular complexity index is 110. The van der Waals surface area contributed by atoms with Crippen LogP contribution < -0.4 is 5.73 Å². The highest BCUT2D eigenvalue weighted by molar-refractivity contribution is 5.78. The lowest BCUT2D eigenvalue weighted by molar-refractivity contribution is -0.119. The van der Waals surface area contributed by atoms with Crippen molar-refractivity contribution in [2.75, 3.05) is 6.54 Å². The molecule has 0 spiro atoms. The van der Waals surface area contributed by atoms with Gasteiger partial charge < -0.3 is 5.73 Å². The zero-order valence-corrected chi connectivity index (χ0v) is 7.60. The first-order chi connectivity index (χ1) is 5.16. The third kappa shape index (κ3) is 7.53. The van der Waals surface area contributed by atoms with Crippen molar-refractivity contribution in [1.82, 2.24) is 0 Å². The third-order valence-corrected chi connectivity index (χ3v) is 1.66. The highest BCUT2D eigenvalue weighted by Crippen LogP contribution is 2.05. The van der Waals surface area contributed by atoms with Crippen molar-refractivity contribution in [1.29, 1.82) is 0 Å². The number of carbonyl (C=O) groups is 1. The fourth-order valence-corrected chi connectivity index (χ4v) is 0.874. The van der Waals surface area contributed by atoms with Gasteiger partial charge in [0.05, 0.1) is 0 Å². The molecule has 0 bridgehead atoms. The molecule has 0 aromatic rings. The van der Waals surface area contributed by atoms with Crippen LogP contribution in [0.3, 0.4) is 0 Å². The fourth-order valence-electron chi connectivity index (χ4n) is 0.874.